The van der Waals surface area contributed by atoms with Crippen molar-refractivity contribution in [3.63, 3.8) is 0 Å². The molecule has 1 aromatic carbocycles. The first-order chi connectivity index (χ1) is 9.79. The van der Waals surface area contributed by atoms with E-state index in [2.05, 4.69) is 37.9 Å². The second-order valence-corrected chi connectivity index (χ2v) is 6.73. The Morgan fingerprint density at radius 1 is 1.10 bits per heavy atom. The predicted molar refractivity (Wildman–Crippen MR) is 86.3 cm³/mol. The van der Waals surface area contributed by atoms with Gasteiger partial charge in [0.2, 0.25) is 0 Å². The molecule has 1 amide bonds. The van der Waals surface area contributed by atoms with Crippen molar-refractivity contribution in [2.24, 2.45) is 11.8 Å². The first-order valence-electron chi connectivity index (χ1n) is 7.23. The van der Waals surface area contributed by atoms with Gasteiger partial charge in [-0.05, 0) is 24.0 Å². The van der Waals surface area contributed by atoms with Crippen LogP contribution in [0.5, 0.6) is 0 Å². The fourth-order valence-corrected chi connectivity index (χ4v) is 2.83. The monoisotopic (exact) mass is 308 g/mol. The standard InChI is InChI=1S/C16H21ClN2O2/c1-9(2)7-19(8-10(3)4)14-6-13-11(5-12(14)17)15(20)16(21)18-13/h5-6,9-10H,7-8H2,1-4H3,(H,18,20,21). The maximum Gasteiger partial charge on any atom is 0.296 e. The summed E-state index contributed by atoms with van der Waals surface area (Å²) in [5, 5.41) is 3.12. The number of halogens is 1. The second kappa shape index (κ2) is 6.06. The van der Waals surface area contributed by atoms with Crippen LogP contribution in [0.15, 0.2) is 12.1 Å². The first kappa shape index (κ1) is 15.8. The van der Waals surface area contributed by atoms with Crippen molar-refractivity contribution in [2.45, 2.75) is 27.7 Å². The molecule has 1 N–H and O–H groups in total. The molecule has 5 heteroatoms. The van der Waals surface area contributed by atoms with Gasteiger partial charge < -0.3 is 10.2 Å². The van der Waals surface area contributed by atoms with Gasteiger partial charge in [0.15, 0.2) is 0 Å². The number of amides is 1. The first-order valence-corrected chi connectivity index (χ1v) is 7.61. The van der Waals surface area contributed by atoms with Gasteiger partial charge in [-0.25, -0.2) is 0 Å². The third-order valence-corrected chi connectivity index (χ3v) is 3.60. The van der Waals surface area contributed by atoms with Crippen molar-refractivity contribution in [1.29, 1.82) is 0 Å². The van der Waals surface area contributed by atoms with E-state index in [1.807, 2.05) is 6.07 Å². The normalized spacial score (nSPS) is 13.9. The van der Waals surface area contributed by atoms with Gasteiger partial charge in [-0.15, -0.1) is 0 Å². The third-order valence-electron chi connectivity index (χ3n) is 3.30. The van der Waals surface area contributed by atoms with Crippen LogP contribution in [0.1, 0.15) is 38.1 Å². The zero-order valence-electron chi connectivity index (χ0n) is 12.9. The van der Waals surface area contributed by atoms with Crippen LogP contribution in [-0.4, -0.2) is 24.8 Å². The van der Waals surface area contributed by atoms with Crippen molar-refractivity contribution in [3.05, 3.63) is 22.7 Å². The summed E-state index contributed by atoms with van der Waals surface area (Å²) >= 11 is 6.35. The van der Waals surface area contributed by atoms with E-state index in [9.17, 15) is 9.59 Å². The Morgan fingerprint density at radius 2 is 1.67 bits per heavy atom. The molecule has 1 aromatic rings. The molecule has 1 aliphatic rings. The SMILES string of the molecule is CC(C)CN(CC(C)C)c1cc2c(cc1Cl)C(=O)C(=O)N2. The highest BCUT2D eigenvalue weighted by atomic mass is 35.5. The van der Waals surface area contributed by atoms with Crippen molar-refractivity contribution >= 4 is 34.7 Å². The highest BCUT2D eigenvalue weighted by molar-refractivity contribution is 6.52. The fraction of sp³-hybridized carbons (Fsp3) is 0.500. The zero-order chi connectivity index (χ0) is 15.7. The van der Waals surface area contributed by atoms with E-state index in [1.165, 1.54) is 0 Å². The topological polar surface area (TPSA) is 49.4 Å². The van der Waals surface area contributed by atoms with Crippen LogP contribution in [0, 0.1) is 11.8 Å². The number of fused-ring (bicyclic) bond motifs is 1. The average Bonchev–Trinajstić information content (AvgIpc) is 2.63. The number of carbonyl (C=O) groups excluding carboxylic acids is 2. The Labute approximate surface area is 130 Å². The van der Waals surface area contributed by atoms with Crippen LogP contribution in [0.25, 0.3) is 0 Å². The molecule has 0 bridgehead atoms. The number of nitrogens with one attached hydrogen (secondary N) is 1. The summed E-state index contributed by atoms with van der Waals surface area (Å²) in [6, 6.07) is 3.41. The molecule has 0 atom stereocenters. The van der Waals surface area contributed by atoms with Crippen molar-refractivity contribution in [1.82, 2.24) is 0 Å². The molecule has 0 unspecified atom stereocenters. The van der Waals surface area contributed by atoms with Crippen LogP contribution in [0.3, 0.4) is 0 Å². The molecule has 0 saturated heterocycles. The molecule has 4 nitrogen and oxygen atoms in total. The van der Waals surface area contributed by atoms with E-state index in [4.69, 9.17) is 11.6 Å². The lowest BCUT2D eigenvalue weighted by atomic mass is 10.1. The van der Waals surface area contributed by atoms with Crippen molar-refractivity contribution in [3.8, 4) is 0 Å². The lowest BCUT2D eigenvalue weighted by Gasteiger charge is -2.29. The van der Waals surface area contributed by atoms with Crippen LogP contribution in [-0.2, 0) is 4.79 Å². The number of hydrogen-bond donors (Lipinski definition) is 1. The molecule has 0 saturated carbocycles. The Bertz CT molecular complexity index is 572. The Hall–Kier alpha value is -1.55. The summed E-state index contributed by atoms with van der Waals surface area (Å²) in [5.41, 5.74) is 1.79. The molecule has 1 heterocycles. The molecule has 0 fully saturated rings. The lowest BCUT2D eigenvalue weighted by Crippen LogP contribution is -2.31. The molecule has 2 rings (SSSR count). The van der Waals surface area contributed by atoms with E-state index in [0.717, 1.165) is 18.8 Å². The summed E-state index contributed by atoms with van der Waals surface area (Å²) < 4.78 is 0. The van der Waals surface area contributed by atoms with E-state index >= 15 is 0 Å². The van der Waals surface area contributed by atoms with Crippen LogP contribution < -0.4 is 10.2 Å². The van der Waals surface area contributed by atoms with Crippen LogP contribution >= 0.6 is 11.6 Å². The Morgan fingerprint density at radius 3 is 2.19 bits per heavy atom. The largest absolute Gasteiger partial charge is 0.370 e. The Kier molecular flexibility index (Phi) is 4.57. The summed E-state index contributed by atoms with van der Waals surface area (Å²) in [4.78, 5) is 25.4. The average molecular weight is 309 g/mol. The van der Waals surface area contributed by atoms with E-state index in [-0.39, 0.29) is 0 Å². The van der Waals surface area contributed by atoms with Gasteiger partial charge in [0.25, 0.3) is 11.7 Å². The van der Waals surface area contributed by atoms with Gasteiger partial charge in [0.05, 0.1) is 22.0 Å². The minimum Gasteiger partial charge on any atom is -0.370 e. The fourth-order valence-electron chi connectivity index (χ4n) is 2.55. The molecular weight excluding hydrogens is 288 g/mol. The van der Waals surface area contributed by atoms with Crippen LogP contribution in [0.2, 0.25) is 5.02 Å². The molecular formula is C16H21ClN2O2. The maximum absolute atomic E-state index is 11.7. The van der Waals surface area contributed by atoms with E-state index in [1.54, 1.807) is 6.07 Å². The van der Waals surface area contributed by atoms with Gasteiger partial charge in [-0.2, -0.15) is 0 Å². The maximum atomic E-state index is 11.7. The molecule has 114 valence electrons. The van der Waals surface area contributed by atoms with Gasteiger partial charge in [-0.3, -0.25) is 9.59 Å². The number of hydrogen-bond acceptors (Lipinski definition) is 3. The number of anilines is 2. The Balaban J connectivity index is 2.40. The number of benzene rings is 1. The molecule has 21 heavy (non-hydrogen) atoms. The highest BCUT2D eigenvalue weighted by Gasteiger charge is 2.30. The third kappa shape index (κ3) is 3.38. The number of ketones is 1. The molecule has 0 aromatic heterocycles. The quantitative estimate of drug-likeness (QED) is 0.846. The summed E-state index contributed by atoms with van der Waals surface area (Å²) in [6.45, 7) is 10.4. The second-order valence-electron chi connectivity index (χ2n) is 6.33. The molecule has 0 aliphatic carbocycles. The predicted octanol–water partition coefficient (Wildman–Crippen LogP) is 3.59. The number of Topliss-reactive ketones (excluding diaryl/α,β-unsaturated/α-hetero) is 1. The van der Waals surface area contributed by atoms with Gasteiger partial charge in [-0.1, -0.05) is 39.3 Å². The summed E-state index contributed by atoms with van der Waals surface area (Å²) in [6.07, 6.45) is 0. The summed E-state index contributed by atoms with van der Waals surface area (Å²) in [7, 11) is 0. The minimum absolute atomic E-state index is 0.364. The van der Waals surface area contributed by atoms with Gasteiger partial charge >= 0.3 is 0 Å². The highest BCUT2D eigenvalue weighted by Crippen LogP contribution is 2.35. The number of rotatable bonds is 5. The molecule has 0 spiro atoms. The smallest absolute Gasteiger partial charge is 0.296 e. The molecule has 0 radical (unpaired) electrons. The zero-order valence-corrected chi connectivity index (χ0v) is 13.6. The van der Waals surface area contributed by atoms with E-state index in [0.29, 0.717) is 28.1 Å². The van der Waals surface area contributed by atoms with Gasteiger partial charge in [0.1, 0.15) is 0 Å². The summed E-state index contributed by atoms with van der Waals surface area (Å²) in [5.74, 6) is -0.121. The van der Waals surface area contributed by atoms with E-state index < -0.39 is 11.7 Å². The lowest BCUT2D eigenvalue weighted by molar-refractivity contribution is -0.112. The number of carbonyl (C=O) groups is 2. The van der Waals surface area contributed by atoms with Crippen LogP contribution in [0.4, 0.5) is 11.4 Å². The minimum atomic E-state index is -0.586. The van der Waals surface area contributed by atoms with Crippen molar-refractivity contribution in [2.75, 3.05) is 23.3 Å². The van der Waals surface area contributed by atoms with Crippen molar-refractivity contribution < 1.29 is 9.59 Å². The van der Waals surface area contributed by atoms with Gasteiger partial charge in [0, 0.05) is 13.1 Å². The number of nitrogens with zero attached hydrogens (tertiary/aromatic N) is 1. The molecule has 1 aliphatic heterocycles.